The summed E-state index contributed by atoms with van der Waals surface area (Å²) in [7, 11) is 0. The summed E-state index contributed by atoms with van der Waals surface area (Å²) in [6.45, 7) is 1.56. The van der Waals surface area contributed by atoms with Crippen LogP contribution >= 0.6 is 11.3 Å². The van der Waals surface area contributed by atoms with Gasteiger partial charge in [0, 0.05) is 36.4 Å². The Morgan fingerprint density at radius 3 is 2.71 bits per heavy atom. The molecule has 1 aliphatic rings. The van der Waals surface area contributed by atoms with E-state index < -0.39 is 0 Å². The Morgan fingerprint density at radius 1 is 0.971 bits per heavy atom. The first-order valence-electron chi connectivity index (χ1n) is 11.2. The van der Waals surface area contributed by atoms with Gasteiger partial charge >= 0.3 is 0 Å². The summed E-state index contributed by atoms with van der Waals surface area (Å²) < 4.78 is 16.8. The number of nitrogens with zero attached hydrogens (tertiary/aromatic N) is 2. The lowest BCUT2D eigenvalue weighted by molar-refractivity contribution is -0.127. The molecule has 7 heteroatoms. The number of carbonyl (C=O) groups is 1. The molecule has 2 aromatic carbocycles. The molecule has 0 bridgehead atoms. The van der Waals surface area contributed by atoms with Gasteiger partial charge in [-0.3, -0.25) is 9.78 Å². The number of amides is 1. The molecule has 6 nitrogen and oxygen atoms in total. The second-order valence-electron chi connectivity index (χ2n) is 8.03. The van der Waals surface area contributed by atoms with Crippen LogP contribution in [0.1, 0.15) is 21.6 Å². The lowest BCUT2D eigenvalue weighted by atomic mass is 10.1. The van der Waals surface area contributed by atoms with Crippen molar-refractivity contribution in [1.29, 1.82) is 0 Å². The molecule has 3 heterocycles. The van der Waals surface area contributed by atoms with Crippen molar-refractivity contribution in [2.45, 2.75) is 19.7 Å². The van der Waals surface area contributed by atoms with E-state index >= 15 is 0 Å². The monoisotopic (exact) mass is 484 g/mol. The Labute approximate surface area is 208 Å². The van der Waals surface area contributed by atoms with Gasteiger partial charge in [-0.1, -0.05) is 30.3 Å². The standard InChI is InChI=1S/C28H24N2O4S/c31-28(11-9-25-7-3-13-35-25)30(18-23-5-2-12-29-16-23)17-21-4-1-6-24(14-21)32-19-22-8-10-26-27(15-22)34-20-33-26/h1-16H,17-20H2. The van der Waals surface area contributed by atoms with Gasteiger partial charge in [-0.2, -0.15) is 0 Å². The Balaban J connectivity index is 1.28. The van der Waals surface area contributed by atoms with Gasteiger partial charge in [0.1, 0.15) is 12.4 Å². The van der Waals surface area contributed by atoms with Crippen LogP contribution in [-0.4, -0.2) is 22.6 Å². The van der Waals surface area contributed by atoms with Gasteiger partial charge in [-0.15, -0.1) is 11.3 Å². The highest BCUT2D eigenvalue weighted by molar-refractivity contribution is 7.10. The van der Waals surface area contributed by atoms with Gasteiger partial charge in [0.15, 0.2) is 11.5 Å². The van der Waals surface area contributed by atoms with Gasteiger partial charge in [-0.05, 0) is 64.5 Å². The van der Waals surface area contributed by atoms with Crippen LogP contribution in [0.25, 0.3) is 6.08 Å². The maximum Gasteiger partial charge on any atom is 0.247 e. The van der Waals surface area contributed by atoms with Gasteiger partial charge < -0.3 is 19.1 Å². The Morgan fingerprint density at radius 2 is 1.86 bits per heavy atom. The molecule has 0 atom stereocenters. The largest absolute Gasteiger partial charge is 0.489 e. The number of ether oxygens (including phenoxy) is 3. The lowest BCUT2D eigenvalue weighted by Crippen LogP contribution is -2.28. The van der Waals surface area contributed by atoms with E-state index in [9.17, 15) is 4.79 Å². The second-order valence-corrected chi connectivity index (χ2v) is 9.01. The molecular weight excluding hydrogens is 460 g/mol. The third-order valence-electron chi connectivity index (χ3n) is 5.46. The molecule has 0 saturated carbocycles. The summed E-state index contributed by atoms with van der Waals surface area (Å²) >= 11 is 1.60. The fraction of sp³-hybridized carbons (Fsp3) is 0.143. The van der Waals surface area contributed by atoms with Crippen molar-refractivity contribution in [3.63, 3.8) is 0 Å². The average Bonchev–Trinajstić information content (AvgIpc) is 3.58. The van der Waals surface area contributed by atoms with E-state index in [1.165, 1.54) is 0 Å². The number of aromatic nitrogens is 1. The molecule has 1 aliphatic heterocycles. The first-order chi connectivity index (χ1) is 17.2. The number of hydrogen-bond donors (Lipinski definition) is 0. The third kappa shape index (κ3) is 6.07. The SMILES string of the molecule is O=C(C=Cc1cccs1)N(Cc1cccnc1)Cc1cccc(OCc2ccc3c(c2)OCO3)c1. The van der Waals surface area contributed by atoms with Crippen molar-refractivity contribution in [2.24, 2.45) is 0 Å². The van der Waals surface area contributed by atoms with Crippen molar-refractivity contribution >= 4 is 23.3 Å². The highest BCUT2D eigenvalue weighted by Gasteiger charge is 2.15. The van der Waals surface area contributed by atoms with Crippen LogP contribution in [0.2, 0.25) is 0 Å². The zero-order valence-corrected chi connectivity index (χ0v) is 19.8. The zero-order chi connectivity index (χ0) is 23.9. The minimum Gasteiger partial charge on any atom is -0.489 e. The highest BCUT2D eigenvalue weighted by Crippen LogP contribution is 2.32. The fourth-order valence-electron chi connectivity index (χ4n) is 3.72. The number of rotatable bonds is 9. The first-order valence-corrected chi connectivity index (χ1v) is 12.1. The normalized spacial score (nSPS) is 12.1. The van der Waals surface area contributed by atoms with Crippen molar-refractivity contribution in [3.05, 3.63) is 112 Å². The number of hydrogen-bond acceptors (Lipinski definition) is 6. The molecule has 1 amide bonds. The summed E-state index contributed by atoms with van der Waals surface area (Å²) in [5.41, 5.74) is 2.95. The molecular formula is C28H24N2O4S. The average molecular weight is 485 g/mol. The lowest BCUT2D eigenvalue weighted by Gasteiger charge is -2.22. The smallest absolute Gasteiger partial charge is 0.247 e. The minimum absolute atomic E-state index is 0.0612. The number of fused-ring (bicyclic) bond motifs is 1. The number of benzene rings is 2. The van der Waals surface area contributed by atoms with Crippen molar-refractivity contribution in [3.8, 4) is 17.2 Å². The van der Waals surface area contributed by atoms with Gasteiger partial charge in [0.2, 0.25) is 12.7 Å². The van der Waals surface area contributed by atoms with Gasteiger partial charge in [0.25, 0.3) is 0 Å². The van der Waals surface area contributed by atoms with Crippen molar-refractivity contribution in [1.82, 2.24) is 9.88 Å². The highest BCUT2D eigenvalue weighted by atomic mass is 32.1. The fourth-order valence-corrected chi connectivity index (χ4v) is 4.34. The van der Waals surface area contributed by atoms with E-state index in [4.69, 9.17) is 14.2 Å². The summed E-state index contributed by atoms with van der Waals surface area (Å²) in [4.78, 5) is 20.1. The van der Waals surface area contributed by atoms with Gasteiger partial charge in [0.05, 0.1) is 0 Å². The van der Waals surface area contributed by atoms with E-state index in [2.05, 4.69) is 4.98 Å². The van der Waals surface area contributed by atoms with E-state index in [-0.39, 0.29) is 12.7 Å². The quantitative estimate of drug-likeness (QED) is 0.286. The van der Waals surface area contributed by atoms with Crippen LogP contribution in [0.5, 0.6) is 17.2 Å². The Kier molecular flexibility index (Phi) is 7.05. The number of carbonyl (C=O) groups excluding carboxylic acids is 1. The molecule has 176 valence electrons. The van der Waals surface area contributed by atoms with E-state index in [1.807, 2.05) is 78.2 Å². The number of thiophene rings is 1. The Bertz CT molecular complexity index is 1310. The molecule has 0 N–H and O–H groups in total. The molecule has 2 aromatic heterocycles. The maximum atomic E-state index is 13.1. The van der Waals surface area contributed by atoms with Crippen LogP contribution < -0.4 is 14.2 Å². The summed E-state index contributed by atoms with van der Waals surface area (Å²) in [5.74, 6) is 2.17. The van der Waals surface area contributed by atoms with Crippen LogP contribution in [0.3, 0.4) is 0 Å². The van der Waals surface area contributed by atoms with Crippen LogP contribution in [0.4, 0.5) is 0 Å². The molecule has 5 rings (SSSR count). The van der Waals surface area contributed by atoms with E-state index in [0.29, 0.717) is 19.7 Å². The molecule has 0 unspecified atom stereocenters. The Hall–Kier alpha value is -4.10. The number of pyridine rings is 1. The van der Waals surface area contributed by atoms with Crippen LogP contribution in [0, 0.1) is 0 Å². The van der Waals surface area contributed by atoms with E-state index in [0.717, 1.165) is 38.8 Å². The summed E-state index contributed by atoms with van der Waals surface area (Å²) in [5, 5.41) is 1.99. The topological polar surface area (TPSA) is 60.9 Å². The molecule has 0 radical (unpaired) electrons. The third-order valence-corrected chi connectivity index (χ3v) is 6.29. The predicted molar refractivity (Wildman–Crippen MR) is 135 cm³/mol. The predicted octanol–water partition coefficient (Wildman–Crippen LogP) is 5.69. The maximum absolute atomic E-state index is 13.1. The molecule has 0 fully saturated rings. The molecule has 0 aliphatic carbocycles. The van der Waals surface area contributed by atoms with E-state index in [1.54, 1.807) is 34.7 Å². The second kappa shape index (κ2) is 10.9. The zero-order valence-electron chi connectivity index (χ0n) is 19.0. The van der Waals surface area contributed by atoms with Crippen LogP contribution in [-0.2, 0) is 24.5 Å². The molecule has 35 heavy (non-hydrogen) atoms. The molecule has 4 aromatic rings. The first kappa shape index (κ1) is 22.7. The minimum atomic E-state index is -0.0612. The molecule has 0 saturated heterocycles. The molecule has 0 spiro atoms. The summed E-state index contributed by atoms with van der Waals surface area (Å²) in [6, 6.07) is 21.4. The summed E-state index contributed by atoms with van der Waals surface area (Å²) in [6.07, 6.45) is 7.00. The van der Waals surface area contributed by atoms with Gasteiger partial charge in [-0.25, -0.2) is 0 Å². The van der Waals surface area contributed by atoms with Crippen LogP contribution in [0.15, 0.2) is 90.6 Å². The van der Waals surface area contributed by atoms with Crippen molar-refractivity contribution in [2.75, 3.05) is 6.79 Å². The van der Waals surface area contributed by atoms with Crippen molar-refractivity contribution < 1.29 is 19.0 Å².